The van der Waals surface area contributed by atoms with E-state index in [0.29, 0.717) is 6.07 Å². The molecule has 0 radical (unpaired) electrons. The lowest BCUT2D eigenvalue weighted by Crippen LogP contribution is -2.14. The molecule has 7 heteroatoms. The number of alkyl halides is 3. The minimum atomic E-state index is -4.57. The molecule has 0 unspecified atom stereocenters. The van der Waals surface area contributed by atoms with Crippen molar-refractivity contribution in [1.82, 2.24) is 5.48 Å². The molecule has 0 fully saturated rings. The average Bonchev–Trinajstić information content (AvgIpc) is 2.09. The molecule has 0 amide bonds. The maximum Gasteiger partial charge on any atom is 0.416 e. The van der Waals surface area contributed by atoms with Crippen LogP contribution in [0.25, 0.3) is 0 Å². The van der Waals surface area contributed by atoms with E-state index >= 15 is 0 Å². The second kappa shape index (κ2) is 4.38. The minimum Gasteiger partial charge on any atom is -0.507 e. The summed E-state index contributed by atoms with van der Waals surface area (Å²) in [4.78, 5) is 0. The van der Waals surface area contributed by atoms with E-state index in [1.54, 1.807) is 5.48 Å². The molecule has 0 heterocycles. The van der Waals surface area contributed by atoms with Gasteiger partial charge in [-0.1, -0.05) is 0 Å². The van der Waals surface area contributed by atoms with Crippen molar-refractivity contribution in [2.75, 3.05) is 0 Å². The number of hydrogen-bond acceptors (Lipinski definition) is 3. The first kappa shape index (κ1) is 12.3. The van der Waals surface area contributed by atoms with Crippen LogP contribution in [0.3, 0.4) is 0 Å². The lowest BCUT2D eigenvalue weighted by atomic mass is 10.1. The van der Waals surface area contributed by atoms with E-state index in [1.807, 2.05) is 0 Å². The highest BCUT2D eigenvalue weighted by molar-refractivity contribution is 9.10. The van der Waals surface area contributed by atoms with Crippen molar-refractivity contribution in [2.45, 2.75) is 12.7 Å². The first-order valence-electron chi connectivity index (χ1n) is 3.81. The van der Waals surface area contributed by atoms with E-state index in [-0.39, 0.29) is 16.6 Å². The first-order valence-corrected chi connectivity index (χ1v) is 4.61. The number of hydrogen-bond donors (Lipinski definition) is 3. The first-order chi connectivity index (χ1) is 6.86. The van der Waals surface area contributed by atoms with Gasteiger partial charge in [-0.25, -0.2) is 5.48 Å². The molecule has 0 atom stereocenters. The zero-order chi connectivity index (χ0) is 11.6. The molecule has 0 aromatic heterocycles. The molecule has 0 saturated carbocycles. The van der Waals surface area contributed by atoms with Crippen LogP contribution in [0, 0.1) is 0 Å². The maximum absolute atomic E-state index is 12.4. The normalized spacial score (nSPS) is 11.8. The minimum absolute atomic E-state index is 0.140. The van der Waals surface area contributed by atoms with Gasteiger partial charge >= 0.3 is 6.18 Å². The van der Waals surface area contributed by atoms with Crippen molar-refractivity contribution in [1.29, 1.82) is 0 Å². The lowest BCUT2D eigenvalue weighted by Gasteiger charge is -2.13. The van der Waals surface area contributed by atoms with Gasteiger partial charge < -0.3 is 10.3 Å². The smallest absolute Gasteiger partial charge is 0.416 e. The Hall–Kier alpha value is -0.790. The average molecular weight is 286 g/mol. The molecule has 3 nitrogen and oxygen atoms in total. The van der Waals surface area contributed by atoms with Gasteiger partial charge in [0.05, 0.1) is 10.0 Å². The molecule has 0 aliphatic carbocycles. The van der Waals surface area contributed by atoms with Crippen LogP contribution < -0.4 is 5.48 Å². The molecule has 15 heavy (non-hydrogen) atoms. The molecular formula is C8H7BrF3NO2. The van der Waals surface area contributed by atoms with Gasteiger partial charge in [0.2, 0.25) is 0 Å². The lowest BCUT2D eigenvalue weighted by molar-refractivity contribution is -0.138. The fourth-order valence-corrected chi connectivity index (χ4v) is 1.49. The summed E-state index contributed by atoms with van der Waals surface area (Å²) >= 11 is 2.89. The van der Waals surface area contributed by atoms with Gasteiger partial charge in [-0.2, -0.15) is 13.2 Å². The highest BCUT2D eigenvalue weighted by Crippen LogP contribution is 2.37. The summed E-state index contributed by atoms with van der Waals surface area (Å²) in [6, 6.07) is 1.71. The highest BCUT2D eigenvalue weighted by atomic mass is 79.9. The van der Waals surface area contributed by atoms with E-state index in [4.69, 9.17) is 10.3 Å². The van der Waals surface area contributed by atoms with Crippen LogP contribution in [0.2, 0.25) is 0 Å². The Morgan fingerprint density at radius 2 is 1.93 bits per heavy atom. The van der Waals surface area contributed by atoms with Gasteiger partial charge in [-0.05, 0) is 33.6 Å². The van der Waals surface area contributed by atoms with Crippen LogP contribution in [0.1, 0.15) is 11.1 Å². The number of nitrogens with one attached hydrogen (secondary N) is 1. The predicted molar refractivity (Wildman–Crippen MR) is 49.4 cm³/mol. The number of hydroxylamine groups is 1. The Balaban J connectivity index is 3.28. The summed E-state index contributed by atoms with van der Waals surface area (Å²) in [5, 5.41) is 17.5. The van der Waals surface area contributed by atoms with Crippen LogP contribution in [0.15, 0.2) is 16.6 Å². The fraction of sp³-hybridized carbons (Fsp3) is 0.250. The largest absolute Gasteiger partial charge is 0.507 e. The van der Waals surface area contributed by atoms with Gasteiger partial charge in [0.25, 0.3) is 0 Å². The summed E-state index contributed by atoms with van der Waals surface area (Å²) in [7, 11) is 0. The Bertz CT molecular complexity index is 368. The number of benzene rings is 1. The SMILES string of the molecule is ONCc1cc(Br)c(O)cc1C(F)(F)F. The molecule has 0 aliphatic rings. The summed E-state index contributed by atoms with van der Waals surface area (Å²) in [6.45, 7) is -0.353. The third-order valence-electron chi connectivity index (χ3n) is 1.75. The monoisotopic (exact) mass is 285 g/mol. The number of phenolic OH excluding ortho intramolecular Hbond substituents is 1. The van der Waals surface area contributed by atoms with E-state index < -0.39 is 17.5 Å². The third-order valence-corrected chi connectivity index (χ3v) is 2.38. The molecular weight excluding hydrogens is 279 g/mol. The van der Waals surface area contributed by atoms with Gasteiger partial charge in [-0.15, -0.1) is 0 Å². The molecule has 0 spiro atoms. The van der Waals surface area contributed by atoms with Crippen LogP contribution in [-0.4, -0.2) is 10.3 Å². The second-order valence-electron chi connectivity index (χ2n) is 2.79. The van der Waals surface area contributed by atoms with Crippen molar-refractivity contribution in [2.24, 2.45) is 0 Å². The van der Waals surface area contributed by atoms with E-state index in [1.165, 1.54) is 0 Å². The van der Waals surface area contributed by atoms with E-state index in [0.717, 1.165) is 6.07 Å². The molecule has 1 rings (SSSR count). The topological polar surface area (TPSA) is 52.5 Å². The highest BCUT2D eigenvalue weighted by Gasteiger charge is 2.34. The number of aromatic hydroxyl groups is 1. The Labute approximate surface area is 91.6 Å². The molecule has 3 N–H and O–H groups in total. The number of halogens is 4. The van der Waals surface area contributed by atoms with Crippen molar-refractivity contribution in [3.63, 3.8) is 0 Å². The molecule has 1 aromatic rings. The Morgan fingerprint density at radius 3 is 2.40 bits per heavy atom. The molecule has 84 valence electrons. The Morgan fingerprint density at radius 1 is 1.33 bits per heavy atom. The second-order valence-corrected chi connectivity index (χ2v) is 3.65. The molecule has 0 saturated heterocycles. The summed E-state index contributed by atoms with van der Waals surface area (Å²) in [5.41, 5.74) is 0.501. The summed E-state index contributed by atoms with van der Waals surface area (Å²) in [6.07, 6.45) is -4.57. The predicted octanol–water partition coefficient (Wildman–Crippen LogP) is 2.65. The third kappa shape index (κ3) is 2.83. The number of phenols is 1. The van der Waals surface area contributed by atoms with Crippen LogP contribution in [0.4, 0.5) is 13.2 Å². The zero-order valence-corrected chi connectivity index (χ0v) is 8.85. The van der Waals surface area contributed by atoms with E-state index in [2.05, 4.69) is 15.9 Å². The molecule has 0 bridgehead atoms. The van der Waals surface area contributed by atoms with Gasteiger partial charge in [0.1, 0.15) is 5.75 Å². The van der Waals surface area contributed by atoms with Crippen molar-refractivity contribution in [3.05, 3.63) is 27.7 Å². The van der Waals surface area contributed by atoms with Crippen molar-refractivity contribution in [3.8, 4) is 5.75 Å². The fourth-order valence-electron chi connectivity index (χ4n) is 1.10. The summed E-state index contributed by atoms with van der Waals surface area (Å²) < 4.78 is 37.5. The maximum atomic E-state index is 12.4. The Kier molecular flexibility index (Phi) is 3.58. The standard InChI is InChI=1S/C8H7BrF3NO2/c9-6-1-4(3-13-15)5(2-7(6)14)8(10,11)12/h1-2,13-15H,3H2. The van der Waals surface area contributed by atoms with Crippen molar-refractivity contribution >= 4 is 15.9 Å². The van der Waals surface area contributed by atoms with Crippen molar-refractivity contribution < 1.29 is 23.5 Å². The summed E-state index contributed by atoms with van der Waals surface area (Å²) in [5.74, 6) is -0.496. The van der Waals surface area contributed by atoms with Crippen LogP contribution in [-0.2, 0) is 12.7 Å². The quantitative estimate of drug-likeness (QED) is 0.733. The van der Waals surface area contributed by atoms with Crippen LogP contribution in [0.5, 0.6) is 5.75 Å². The van der Waals surface area contributed by atoms with Gasteiger partial charge in [-0.3, -0.25) is 0 Å². The molecule has 0 aliphatic heterocycles. The van der Waals surface area contributed by atoms with E-state index in [9.17, 15) is 13.2 Å². The van der Waals surface area contributed by atoms with Gasteiger partial charge in [0.15, 0.2) is 0 Å². The van der Waals surface area contributed by atoms with Gasteiger partial charge in [0, 0.05) is 6.54 Å². The molecule has 1 aromatic carbocycles. The zero-order valence-electron chi connectivity index (χ0n) is 7.27. The number of rotatable bonds is 2. The van der Waals surface area contributed by atoms with Crippen LogP contribution >= 0.6 is 15.9 Å².